The van der Waals surface area contributed by atoms with Gasteiger partial charge >= 0.3 is 0 Å². The molecular weight excluding hydrogens is 371 g/mol. The van der Waals surface area contributed by atoms with Crippen molar-refractivity contribution in [1.82, 2.24) is 0 Å². The van der Waals surface area contributed by atoms with Crippen LogP contribution in [0.2, 0.25) is 0 Å². The van der Waals surface area contributed by atoms with E-state index in [9.17, 15) is 0 Å². The number of fused-ring (bicyclic) bond motifs is 1. The Morgan fingerprint density at radius 1 is 1.11 bits per heavy atom. The third kappa shape index (κ3) is 2.82. The van der Waals surface area contributed by atoms with Crippen LogP contribution in [-0.2, 0) is 11.3 Å². The van der Waals surface area contributed by atoms with Crippen LogP contribution in [-0.4, -0.2) is 5.18 Å². The Bertz CT molecular complexity index is 566. The van der Waals surface area contributed by atoms with Crippen LogP contribution in [0, 0.1) is 0 Å². The molecule has 0 spiro atoms. The summed E-state index contributed by atoms with van der Waals surface area (Å²) in [6.45, 7) is 0.596. The lowest BCUT2D eigenvalue weighted by molar-refractivity contribution is 0.0455. The molecule has 98 valence electrons. The molecule has 2 aromatic carbocycles. The predicted molar refractivity (Wildman–Crippen MR) is 89.3 cm³/mol. The highest BCUT2D eigenvalue weighted by Crippen LogP contribution is 2.39. The number of benzene rings is 2. The molecule has 0 fully saturated rings. The second kappa shape index (κ2) is 5.60. The van der Waals surface area contributed by atoms with Crippen molar-refractivity contribution in [2.45, 2.75) is 11.8 Å². The Morgan fingerprint density at radius 2 is 1.84 bits per heavy atom. The molecule has 1 unspecified atom stereocenters. The molecule has 19 heavy (non-hydrogen) atoms. The summed E-state index contributed by atoms with van der Waals surface area (Å²) >= 11 is 2.25. The first kappa shape index (κ1) is 13.1. The molecule has 1 aliphatic rings. The molecule has 3 rings (SSSR count). The third-order valence-corrected chi connectivity index (χ3v) is 5.34. The van der Waals surface area contributed by atoms with Gasteiger partial charge in [-0.2, -0.15) is 0 Å². The van der Waals surface area contributed by atoms with Crippen molar-refractivity contribution in [2.24, 2.45) is 0 Å². The molecule has 2 N–H and O–H groups in total. The van der Waals surface area contributed by atoms with E-state index in [1.54, 1.807) is 8.93 Å². The van der Waals surface area contributed by atoms with Crippen molar-refractivity contribution >= 4 is 41.5 Å². The highest BCUT2D eigenvalue weighted by atomic mass is 127. The topological polar surface area (TPSA) is 33.3 Å². The van der Waals surface area contributed by atoms with Crippen molar-refractivity contribution in [1.29, 1.82) is 0 Å². The zero-order valence-corrected chi connectivity index (χ0v) is 13.1. The average Bonchev–Trinajstić information content (AvgIpc) is 2.48. The fraction of sp³-hybridized carbons (Fsp3) is 0.143. The summed E-state index contributed by atoms with van der Waals surface area (Å²) in [5.74, 6) is 0. The zero-order valence-electron chi connectivity index (χ0n) is 10.1. The normalized spacial score (nSPS) is 21.3. The minimum absolute atomic E-state index is 0.596. The summed E-state index contributed by atoms with van der Waals surface area (Å²) in [4.78, 5) is 0. The fourth-order valence-electron chi connectivity index (χ4n) is 2.00. The summed E-state index contributed by atoms with van der Waals surface area (Å²) in [6.07, 6.45) is 0. The Morgan fingerprint density at radius 3 is 2.63 bits per heavy atom. The second-order valence-electron chi connectivity index (χ2n) is 4.26. The molecule has 0 bridgehead atoms. The number of ether oxygens (including phenoxy) is 1. The Hall–Kier alpha value is -0.920. The minimum atomic E-state index is -0.629. The van der Waals surface area contributed by atoms with Gasteiger partial charge < -0.3 is 15.4 Å². The number of rotatable bonds is 3. The maximum Gasteiger partial charge on any atom is 0.279 e. The summed E-state index contributed by atoms with van der Waals surface area (Å²) in [6, 6.07) is 18.3. The molecule has 0 amide bonds. The Kier molecular flexibility index (Phi) is 3.86. The third-order valence-electron chi connectivity index (χ3n) is 2.94. The molecule has 0 aliphatic carbocycles. The van der Waals surface area contributed by atoms with Gasteiger partial charge in [0.25, 0.3) is 5.18 Å². The van der Waals surface area contributed by atoms with E-state index in [4.69, 9.17) is 4.74 Å². The van der Waals surface area contributed by atoms with Crippen molar-refractivity contribution in [2.75, 3.05) is 10.6 Å². The molecule has 5 heteroatoms. The molecule has 0 saturated carbocycles. The number of hydrogen-bond donors (Lipinski definition) is 2. The summed E-state index contributed by atoms with van der Waals surface area (Å²) < 4.78 is 5.98. The number of para-hydroxylation sites is 2. The van der Waals surface area contributed by atoms with Crippen molar-refractivity contribution in [3.05, 3.63) is 60.2 Å². The number of halogens is 1. The first-order valence-corrected chi connectivity index (χ1v) is 9.30. The summed E-state index contributed by atoms with van der Waals surface area (Å²) in [7, 11) is 1.58. The molecule has 0 saturated heterocycles. The fourth-order valence-corrected chi connectivity index (χ4v) is 3.45. The second-order valence-corrected chi connectivity index (χ2v) is 6.31. The minimum Gasteiger partial charge on any atom is -0.330 e. The van der Waals surface area contributed by atoms with Crippen LogP contribution in [0.3, 0.4) is 0 Å². The predicted octanol–water partition coefficient (Wildman–Crippen LogP) is 4.44. The van der Waals surface area contributed by atoms with Gasteiger partial charge in [-0.1, -0.05) is 36.4 Å². The van der Waals surface area contributed by atoms with E-state index in [-0.39, 0.29) is 0 Å². The molecule has 0 aromatic heterocycles. The Labute approximate surface area is 128 Å². The van der Waals surface area contributed by atoms with E-state index in [2.05, 4.69) is 44.0 Å². The van der Waals surface area contributed by atoms with Gasteiger partial charge in [0.15, 0.2) is 0 Å². The van der Waals surface area contributed by atoms with Crippen molar-refractivity contribution in [3.63, 3.8) is 0 Å². The van der Waals surface area contributed by atoms with Gasteiger partial charge in [0.05, 0.1) is 6.61 Å². The van der Waals surface area contributed by atoms with Crippen LogP contribution in [0.4, 0.5) is 11.4 Å². The first-order valence-electron chi connectivity index (χ1n) is 5.94. The van der Waals surface area contributed by atoms with Crippen LogP contribution in [0.15, 0.2) is 54.6 Å². The van der Waals surface area contributed by atoms with Gasteiger partial charge in [0, 0.05) is 38.1 Å². The molecule has 0 radical (unpaired) electrons. The lowest BCUT2D eigenvalue weighted by Gasteiger charge is -2.38. The maximum atomic E-state index is 5.98. The van der Waals surface area contributed by atoms with Crippen molar-refractivity contribution in [3.8, 4) is 0 Å². The van der Waals surface area contributed by atoms with Crippen LogP contribution in [0.1, 0.15) is 5.56 Å². The van der Waals surface area contributed by atoms with Gasteiger partial charge in [0.1, 0.15) is 0 Å². The SMILES string of the molecule is ISC1(Nc2ccccc2)Nc2ccccc2CO1. The molecule has 3 nitrogen and oxygen atoms in total. The van der Waals surface area contributed by atoms with Crippen LogP contribution < -0.4 is 10.6 Å². The van der Waals surface area contributed by atoms with Gasteiger partial charge in [-0.15, -0.1) is 0 Å². The lowest BCUT2D eigenvalue weighted by atomic mass is 10.2. The van der Waals surface area contributed by atoms with E-state index < -0.39 is 5.18 Å². The highest BCUT2D eigenvalue weighted by Gasteiger charge is 2.35. The van der Waals surface area contributed by atoms with Gasteiger partial charge in [-0.25, -0.2) is 0 Å². The largest absolute Gasteiger partial charge is 0.330 e. The smallest absolute Gasteiger partial charge is 0.279 e. The quantitative estimate of drug-likeness (QED) is 0.606. The molecular formula is C14H13IN2OS. The van der Waals surface area contributed by atoms with E-state index in [0.717, 1.165) is 11.4 Å². The van der Waals surface area contributed by atoms with Gasteiger partial charge in [0.2, 0.25) is 0 Å². The number of nitrogens with one attached hydrogen (secondary N) is 2. The Balaban J connectivity index is 1.86. The summed E-state index contributed by atoms with van der Waals surface area (Å²) in [5.41, 5.74) is 3.32. The van der Waals surface area contributed by atoms with E-state index in [1.807, 2.05) is 42.5 Å². The lowest BCUT2D eigenvalue weighted by Crippen LogP contribution is -2.47. The molecule has 1 aliphatic heterocycles. The average molecular weight is 384 g/mol. The maximum absolute atomic E-state index is 5.98. The molecule has 1 heterocycles. The number of anilines is 2. The van der Waals surface area contributed by atoms with Crippen molar-refractivity contribution < 1.29 is 4.74 Å². The van der Waals surface area contributed by atoms with E-state index in [0.29, 0.717) is 6.61 Å². The molecule has 2 aromatic rings. The molecule has 1 atom stereocenters. The first-order chi connectivity index (χ1) is 9.31. The van der Waals surface area contributed by atoms with Gasteiger partial charge in [-0.05, 0) is 27.1 Å². The van der Waals surface area contributed by atoms with Crippen LogP contribution >= 0.6 is 30.1 Å². The monoisotopic (exact) mass is 384 g/mol. The zero-order chi connectivity index (χ0) is 13.1. The summed E-state index contributed by atoms with van der Waals surface area (Å²) in [5, 5.41) is 6.21. The van der Waals surface area contributed by atoms with E-state index in [1.165, 1.54) is 5.56 Å². The van der Waals surface area contributed by atoms with E-state index >= 15 is 0 Å². The van der Waals surface area contributed by atoms with Gasteiger partial charge in [-0.3, -0.25) is 0 Å². The highest BCUT2D eigenvalue weighted by molar-refractivity contribution is 14.2. The van der Waals surface area contributed by atoms with Crippen LogP contribution in [0.25, 0.3) is 0 Å². The number of hydrogen-bond acceptors (Lipinski definition) is 4. The standard InChI is InChI=1S/C14H13IN2OS/c15-19-14(16-12-7-2-1-3-8-12)17-13-9-5-4-6-11(13)10-18-14/h1-9,16-17H,10H2. The van der Waals surface area contributed by atoms with Crippen LogP contribution in [0.5, 0.6) is 0 Å².